The van der Waals surface area contributed by atoms with E-state index in [0.29, 0.717) is 9.99 Å². The maximum absolute atomic E-state index is 11.9. The smallest absolute Gasteiger partial charge is 0.330 e. The molecule has 2 rings (SSSR count). The summed E-state index contributed by atoms with van der Waals surface area (Å²) in [5.74, 6) is -0.401. The molecule has 9 nitrogen and oxygen atoms in total. The topological polar surface area (TPSA) is 133 Å². The molecule has 1 fully saturated rings. The number of aromatic amines is 1. The molecule has 0 spiro atoms. The van der Waals surface area contributed by atoms with Gasteiger partial charge in [0.25, 0.3) is 5.56 Å². The number of alkyl halides is 1. The van der Waals surface area contributed by atoms with Crippen LogP contribution in [0.5, 0.6) is 0 Å². The second-order valence-electron chi connectivity index (χ2n) is 4.77. The zero-order chi connectivity index (χ0) is 15.6. The third-order valence-corrected chi connectivity index (χ3v) is 4.32. The molecule has 0 saturated carbocycles. The molecule has 0 unspecified atom stereocenters. The molecule has 1 saturated heterocycles. The Morgan fingerprint density at radius 1 is 1.62 bits per heavy atom. The van der Waals surface area contributed by atoms with Gasteiger partial charge >= 0.3 is 5.69 Å². The number of nitrogens with one attached hydrogen (secondary N) is 1. The Balaban J connectivity index is 2.37. The Kier molecular flexibility index (Phi) is 5.04. The van der Waals surface area contributed by atoms with Crippen molar-refractivity contribution in [1.82, 2.24) is 9.55 Å². The first-order valence-corrected chi connectivity index (χ1v) is 7.74. The molecule has 114 valence electrons. The Bertz CT molecular complexity index is 680. The van der Waals surface area contributed by atoms with Crippen LogP contribution >= 0.6 is 22.6 Å². The van der Waals surface area contributed by atoms with E-state index in [1.54, 1.807) is 6.92 Å². The SMILES string of the molecule is Cc1cn([C@@H]2O[C@H](CI)[C@@H](CN=[N+]=[N-])[C@H]2O)c(=O)[nH]c1=O. The summed E-state index contributed by atoms with van der Waals surface area (Å²) in [6, 6.07) is 0. The molecule has 1 aromatic heterocycles. The number of aliphatic hydroxyl groups is 1. The fourth-order valence-corrected chi connectivity index (χ4v) is 3.17. The van der Waals surface area contributed by atoms with E-state index in [0.717, 1.165) is 4.57 Å². The zero-order valence-electron chi connectivity index (χ0n) is 11.1. The molecule has 2 N–H and O–H groups in total. The molecule has 2 heterocycles. The fourth-order valence-electron chi connectivity index (χ4n) is 2.30. The minimum Gasteiger partial charge on any atom is -0.388 e. The highest BCUT2D eigenvalue weighted by Gasteiger charge is 2.43. The summed E-state index contributed by atoms with van der Waals surface area (Å²) in [5.41, 5.74) is 7.63. The van der Waals surface area contributed by atoms with Gasteiger partial charge in [-0.15, -0.1) is 0 Å². The minimum atomic E-state index is -1.00. The molecule has 0 radical (unpaired) electrons. The Morgan fingerprint density at radius 3 is 2.95 bits per heavy atom. The van der Waals surface area contributed by atoms with Gasteiger partial charge in [-0.1, -0.05) is 27.7 Å². The normalized spacial score (nSPS) is 28.3. The first-order chi connectivity index (χ1) is 9.99. The molecule has 10 heteroatoms. The number of rotatable bonds is 4. The maximum Gasteiger partial charge on any atom is 0.330 e. The standard InChI is InChI=1S/C11H14IN5O4/c1-5-4-17(11(20)15-9(5)19)10-8(18)6(3-14-16-13)7(2-12)21-10/h4,6-8,10,18H,2-3H2,1H3,(H,15,19,20)/t6-,7-,8-,10-/m1/s1. The molecule has 21 heavy (non-hydrogen) atoms. The molecule has 1 aliphatic heterocycles. The van der Waals surface area contributed by atoms with Crippen LogP contribution in [0.2, 0.25) is 0 Å². The monoisotopic (exact) mass is 407 g/mol. The van der Waals surface area contributed by atoms with E-state index in [9.17, 15) is 14.7 Å². The van der Waals surface area contributed by atoms with Gasteiger partial charge in [0, 0.05) is 33.6 Å². The van der Waals surface area contributed by atoms with Crippen molar-refractivity contribution in [3.63, 3.8) is 0 Å². The first kappa shape index (κ1) is 16.0. The predicted molar refractivity (Wildman–Crippen MR) is 82.4 cm³/mol. The number of halogens is 1. The number of nitrogens with zero attached hydrogens (tertiary/aromatic N) is 4. The van der Waals surface area contributed by atoms with Crippen molar-refractivity contribution in [2.75, 3.05) is 11.0 Å². The van der Waals surface area contributed by atoms with Gasteiger partial charge in [0.2, 0.25) is 0 Å². The van der Waals surface area contributed by atoms with Crippen molar-refractivity contribution in [3.8, 4) is 0 Å². The highest BCUT2D eigenvalue weighted by Crippen LogP contribution is 2.34. The molecular weight excluding hydrogens is 393 g/mol. The van der Waals surface area contributed by atoms with Crippen molar-refractivity contribution in [3.05, 3.63) is 43.0 Å². The van der Waals surface area contributed by atoms with Crippen LogP contribution in [-0.2, 0) is 4.74 Å². The number of hydrogen-bond acceptors (Lipinski definition) is 5. The maximum atomic E-state index is 11.9. The lowest BCUT2D eigenvalue weighted by Gasteiger charge is -2.18. The molecule has 1 aliphatic rings. The summed E-state index contributed by atoms with van der Waals surface area (Å²) in [7, 11) is 0. The van der Waals surface area contributed by atoms with E-state index in [1.807, 2.05) is 0 Å². The summed E-state index contributed by atoms with van der Waals surface area (Å²) in [6.07, 6.45) is -0.893. The van der Waals surface area contributed by atoms with Crippen molar-refractivity contribution >= 4 is 22.6 Å². The first-order valence-electron chi connectivity index (χ1n) is 6.22. The molecule has 0 bridgehead atoms. The van der Waals surface area contributed by atoms with E-state index in [1.165, 1.54) is 6.20 Å². The van der Waals surface area contributed by atoms with Crippen LogP contribution in [0.4, 0.5) is 0 Å². The lowest BCUT2D eigenvalue weighted by molar-refractivity contribution is -0.0332. The summed E-state index contributed by atoms with van der Waals surface area (Å²) < 4.78 is 7.44. The zero-order valence-corrected chi connectivity index (χ0v) is 13.3. The number of azide groups is 1. The predicted octanol–water partition coefficient (Wildman–Crippen LogP) is 0.465. The molecular formula is C11H14IN5O4. The van der Waals surface area contributed by atoms with Gasteiger partial charge in [0.05, 0.1) is 6.10 Å². The van der Waals surface area contributed by atoms with E-state index in [-0.39, 0.29) is 12.6 Å². The third kappa shape index (κ3) is 3.12. The molecule has 0 aromatic carbocycles. The van der Waals surface area contributed by atoms with Crippen LogP contribution in [0.1, 0.15) is 11.8 Å². The Labute approximate surface area is 132 Å². The molecule has 1 aromatic rings. The average Bonchev–Trinajstić information content (AvgIpc) is 2.77. The van der Waals surface area contributed by atoms with Gasteiger partial charge in [0.1, 0.15) is 6.10 Å². The summed E-state index contributed by atoms with van der Waals surface area (Å²) in [4.78, 5) is 28.1. The van der Waals surface area contributed by atoms with Gasteiger partial charge in [-0.2, -0.15) is 0 Å². The Hall–Kier alpha value is -1.36. The number of H-pyrrole nitrogens is 1. The van der Waals surface area contributed by atoms with E-state index in [2.05, 4.69) is 37.6 Å². The van der Waals surface area contributed by atoms with Crippen LogP contribution in [0.25, 0.3) is 10.4 Å². The Morgan fingerprint density at radius 2 is 2.33 bits per heavy atom. The quantitative estimate of drug-likeness (QED) is 0.247. The number of aryl methyl sites for hydroxylation is 1. The highest BCUT2D eigenvalue weighted by molar-refractivity contribution is 14.1. The summed E-state index contributed by atoms with van der Waals surface area (Å²) >= 11 is 2.10. The lowest BCUT2D eigenvalue weighted by Crippen LogP contribution is -2.37. The van der Waals surface area contributed by atoms with Crippen LogP contribution in [-0.4, -0.2) is 37.8 Å². The summed E-state index contributed by atoms with van der Waals surface area (Å²) in [6.45, 7) is 1.64. The highest BCUT2D eigenvalue weighted by atomic mass is 127. The van der Waals surface area contributed by atoms with Crippen molar-refractivity contribution < 1.29 is 9.84 Å². The van der Waals surface area contributed by atoms with Crippen molar-refractivity contribution in [2.24, 2.45) is 11.0 Å². The molecule has 0 amide bonds. The average molecular weight is 407 g/mol. The second kappa shape index (κ2) is 6.60. The van der Waals surface area contributed by atoms with Crippen LogP contribution in [0, 0.1) is 12.8 Å². The van der Waals surface area contributed by atoms with Gasteiger partial charge in [0.15, 0.2) is 6.23 Å². The minimum absolute atomic E-state index is 0.0823. The van der Waals surface area contributed by atoms with Crippen molar-refractivity contribution in [2.45, 2.75) is 25.4 Å². The van der Waals surface area contributed by atoms with E-state index >= 15 is 0 Å². The van der Waals surface area contributed by atoms with Crippen LogP contribution in [0.15, 0.2) is 20.9 Å². The van der Waals surface area contributed by atoms with Crippen LogP contribution < -0.4 is 11.2 Å². The largest absolute Gasteiger partial charge is 0.388 e. The van der Waals surface area contributed by atoms with Crippen LogP contribution in [0.3, 0.4) is 0 Å². The second-order valence-corrected chi connectivity index (χ2v) is 5.65. The number of aromatic nitrogens is 2. The lowest BCUT2D eigenvalue weighted by atomic mass is 9.99. The molecule has 4 atom stereocenters. The fraction of sp³-hybridized carbons (Fsp3) is 0.636. The van der Waals surface area contributed by atoms with E-state index < -0.39 is 29.5 Å². The van der Waals surface area contributed by atoms with E-state index in [4.69, 9.17) is 10.3 Å². The van der Waals surface area contributed by atoms with Gasteiger partial charge in [-0.25, -0.2) is 4.79 Å². The molecule has 0 aliphatic carbocycles. The van der Waals surface area contributed by atoms with Gasteiger partial charge in [-0.05, 0) is 12.5 Å². The van der Waals surface area contributed by atoms with Crippen molar-refractivity contribution in [1.29, 1.82) is 0 Å². The number of aliphatic hydroxyl groups excluding tert-OH is 1. The third-order valence-electron chi connectivity index (χ3n) is 3.45. The van der Waals surface area contributed by atoms with Gasteiger partial charge in [-0.3, -0.25) is 14.3 Å². The van der Waals surface area contributed by atoms with Gasteiger partial charge < -0.3 is 9.84 Å². The number of ether oxygens (including phenoxy) is 1. The summed E-state index contributed by atoms with van der Waals surface area (Å²) in [5, 5.41) is 13.8. The number of hydrogen-bond donors (Lipinski definition) is 2.